The van der Waals surface area contributed by atoms with E-state index in [4.69, 9.17) is 15.6 Å². The number of aliphatic carboxylic acids is 1. The van der Waals surface area contributed by atoms with E-state index in [9.17, 15) is 9.59 Å². The van der Waals surface area contributed by atoms with Gasteiger partial charge in [0.1, 0.15) is 11.9 Å². The maximum absolute atomic E-state index is 11.1. The standard InChI is InChI=1S/C18H19NO5/c1-12-7-9-14(10-8-12)23-15(13-5-3-2-4-6-13)11-16(19)24-18(22)17(20)21/h2-10,15-16H,11,19H2,1H3,(H,20,21). The number of nitrogens with two attached hydrogens (primary N) is 1. The number of benzene rings is 2. The van der Waals surface area contributed by atoms with Gasteiger partial charge in [0.15, 0.2) is 6.23 Å². The van der Waals surface area contributed by atoms with Crippen molar-refractivity contribution >= 4 is 11.9 Å². The number of carboxylic acid groups (broad SMARTS) is 1. The van der Waals surface area contributed by atoms with E-state index >= 15 is 0 Å². The molecular weight excluding hydrogens is 310 g/mol. The SMILES string of the molecule is Cc1ccc(OC(CC(N)OC(=O)C(=O)O)c2ccccc2)cc1. The molecule has 2 aromatic rings. The molecule has 0 saturated carbocycles. The molecule has 3 N–H and O–H groups in total. The second-order valence-corrected chi connectivity index (χ2v) is 5.31. The van der Waals surface area contributed by atoms with Gasteiger partial charge in [-0.25, -0.2) is 9.59 Å². The van der Waals surface area contributed by atoms with Crippen molar-refractivity contribution in [3.63, 3.8) is 0 Å². The maximum Gasteiger partial charge on any atom is 0.418 e. The molecule has 0 aliphatic carbocycles. The van der Waals surface area contributed by atoms with Crippen LogP contribution >= 0.6 is 0 Å². The first-order valence-electron chi connectivity index (χ1n) is 7.43. The number of aryl methyl sites for hydroxylation is 1. The molecule has 2 rings (SSSR count). The van der Waals surface area contributed by atoms with Crippen LogP contribution in [0, 0.1) is 6.92 Å². The van der Waals surface area contributed by atoms with Crippen molar-refractivity contribution in [3.05, 3.63) is 65.7 Å². The summed E-state index contributed by atoms with van der Waals surface area (Å²) in [5.74, 6) is -2.42. The summed E-state index contributed by atoms with van der Waals surface area (Å²) in [6, 6.07) is 16.8. The Balaban J connectivity index is 2.12. The zero-order chi connectivity index (χ0) is 17.5. The van der Waals surface area contributed by atoms with Gasteiger partial charge in [0, 0.05) is 6.42 Å². The highest BCUT2D eigenvalue weighted by atomic mass is 16.6. The molecule has 0 radical (unpaired) electrons. The molecule has 24 heavy (non-hydrogen) atoms. The van der Waals surface area contributed by atoms with Crippen molar-refractivity contribution in [2.24, 2.45) is 5.73 Å². The molecule has 0 heterocycles. The number of esters is 1. The average Bonchev–Trinajstić information content (AvgIpc) is 2.57. The molecule has 0 aliphatic rings. The van der Waals surface area contributed by atoms with E-state index in [0.29, 0.717) is 5.75 Å². The largest absolute Gasteiger partial charge is 0.486 e. The molecule has 2 aromatic carbocycles. The predicted molar refractivity (Wildman–Crippen MR) is 87.3 cm³/mol. The summed E-state index contributed by atoms with van der Waals surface area (Å²) < 4.78 is 10.6. The summed E-state index contributed by atoms with van der Waals surface area (Å²) in [6.07, 6.45) is -1.45. The summed E-state index contributed by atoms with van der Waals surface area (Å²) in [7, 11) is 0. The third-order valence-corrected chi connectivity index (χ3v) is 3.35. The Kier molecular flexibility index (Phi) is 5.92. The lowest BCUT2D eigenvalue weighted by Gasteiger charge is -2.22. The first kappa shape index (κ1) is 17.5. The van der Waals surface area contributed by atoms with Crippen molar-refractivity contribution in [2.45, 2.75) is 25.7 Å². The smallest absolute Gasteiger partial charge is 0.418 e. The van der Waals surface area contributed by atoms with Gasteiger partial charge in [-0.15, -0.1) is 0 Å². The summed E-state index contributed by atoms with van der Waals surface area (Å²) in [4.78, 5) is 21.7. The Morgan fingerprint density at radius 3 is 2.29 bits per heavy atom. The summed E-state index contributed by atoms with van der Waals surface area (Å²) in [6.45, 7) is 1.97. The number of carbonyl (C=O) groups excluding carboxylic acids is 1. The normalized spacial score (nSPS) is 12.9. The second kappa shape index (κ2) is 8.12. The summed E-state index contributed by atoms with van der Waals surface area (Å²) >= 11 is 0. The Morgan fingerprint density at radius 1 is 1.08 bits per heavy atom. The third kappa shape index (κ3) is 5.10. The van der Waals surface area contributed by atoms with Crippen LogP contribution < -0.4 is 10.5 Å². The monoisotopic (exact) mass is 329 g/mol. The van der Waals surface area contributed by atoms with Crippen molar-refractivity contribution in [1.29, 1.82) is 0 Å². The zero-order valence-corrected chi connectivity index (χ0v) is 13.2. The number of rotatable bonds is 6. The fourth-order valence-corrected chi connectivity index (χ4v) is 2.15. The van der Waals surface area contributed by atoms with Crippen molar-refractivity contribution in [2.75, 3.05) is 0 Å². The van der Waals surface area contributed by atoms with Gasteiger partial charge < -0.3 is 14.6 Å². The third-order valence-electron chi connectivity index (χ3n) is 3.35. The molecule has 0 fully saturated rings. The Labute approximate surface area is 139 Å². The Bertz CT molecular complexity index is 684. The minimum Gasteiger partial charge on any atom is -0.486 e. The first-order chi connectivity index (χ1) is 11.5. The lowest BCUT2D eigenvalue weighted by molar-refractivity contribution is -0.168. The highest BCUT2D eigenvalue weighted by molar-refractivity contribution is 6.28. The zero-order valence-electron chi connectivity index (χ0n) is 13.2. The van der Waals surface area contributed by atoms with Gasteiger partial charge in [0.05, 0.1) is 0 Å². The van der Waals surface area contributed by atoms with Crippen LogP contribution in [0.25, 0.3) is 0 Å². The topological polar surface area (TPSA) is 98.9 Å². The van der Waals surface area contributed by atoms with E-state index in [1.807, 2.05) is 61.5 Å². The average molecular weight is 329 g/mol. The van der Waals surface area contributed by atoms with Crippen LogP contribution in [0.5, 0.6) is 5.75 Å². The lowest BCUT2D eigenvalue weighted by atomic mass is 10.1. The first-order valence-corrected chi connectivity index (χ1v) is 7.43. The van der Waals surface area contributed by atoms with Gasteiger partial charge in [-0.05, 0) is 24.6 Å². The van der Waals surface area contributed by atoms with Crippen molar-refractivity contribution < 1.29 is 24.2 Å². The van der Waals surface area contributed by atoms with E-state index < -0.39 is 24.3 Å². The van der Waals surface area contributed by atoms with Gasteiger partial charge in [-0.2, -0.15) is 0 Å². The van der Waals surface area contributed by atoms with Crippen LogP contribution in [0.15, 0.2) is 54.6 Å². The molecule has 0 aromatic heterocycles. The van der Waals surface area contributed by atoms with Crippen LogP contribution in [-0.4, -0.2) is 23.3 Å². The molecule has 0 bridgehead atoms. The highest BCUT2D eigenvalue weighted by Gasteiger charge is 2.23. The molecule has 0 saturated heterocycles. The number of ether oxygens (including phenoxy) is 2. The van der Waals surface area contributed by atoms with Gasteiger partial charge in [0.25, 0.3) is 0 Å². The summed E-state index contributed by atoms with van der Waals surface area (Å²) in [5, 5.41) is 8.58. The number of hydrogen-bond donors (Lipinski definition) is 2. The summed E-state index contributed by atoms with van der Waals surface area (Å²) in [5.41, 5.74) is 7.69. The highest BCUT2D eigenvalue weighted by Crippen LogP contribution is 2.26. The van der Waals surface area contributed by atoms with E-state index in [1.165, 1.54) is 0 Å². The quantitative estimate of drug-likeness (QED) is 0.480. The van der Waals surface area contributed by atoms with E-state index in [2.05, 4.69) is 4.74 Å². The molecule has 0 aliphatic heterocycles. The molecule has 6 nitrogen and oxygen atoms in total. The molecule has 126 valence electrons. The van der Waals surface area contributed by atoms with Crippen LogP contribution in [0.3, 0.4) is 0 Å². The van der Waals surface area contributed by atoms with Gasteiger partial charge in [-0.1, -0.05) is 48.0 Å². The molecule has 6 heteroatoms. The number of carbonyl (C=O) groups is 2. The fraction of sp³-hybridized carbons (Fsp3) is 0.222. The lowest BCUT2D eigenvalue weighted by Crippen LogP contribution is -2.33. The fourth-order valence-electron chi connectivity index (χ4n) is 2.15. The molecule has 2 atom stereocenters. The number of hydrogen-bond acceptors (Lipinski definition) is 5. The molecule has 0 spiro atoms. The number of carboxylic acids is 1. The van der Waals surface area contributed by atoms with Crippen molar-refractivity contribution in [3.8, 4) is 5.75 Å². The minimum atomic E-state index is -1.68. The van der Waals surface area contributed by atoms with E-state index in [1.54, 1.807) is 0 Å². The van der Waals surface area contributed by atoms with Gasteiger partial charge in [-0.3, -0.25) is 5.73 Å². The van der Waals surface area contributed by atoms with Gasteiger partial charge >= 0.3 is 11.9 Å². The van der Waals surface area contributed by atoms with E-state index in [0.717, 1.165) is 11.1 Å². The molecule has 0 amide bonds. The Morgan fingerprint density at radius 2 is 1.71 bits per heavy atom. The van der Waals surface area contributed by atoms with Crippen LogP contribution in [0.1, 0.15) is 23.7 Å². The van der Waals surface area contributed by atoms with Gasteiger partial charge in [0.2, 0.25) is 0 Å². The molecular formula is C18H19NO5. The van der Waals surface area contributed by atoms with Crippen LogP contribution in [-0.2, 0) is 14.3 Å². The van der Waals surface area contributed by atoms with Crippen LogP contribution in [0.2, 0.25) is 0 Å². The molecule has 2 unspecified atom stereocenters. The Hall–Kier alpha value is -2.86. The van der Waals surface area contributed by atoms with E-state index in [-0.39, 0.29) is 6.42 Å². The predicted octanol–water partition coefficient (Wildman–Crippen LogP) is 2.42. The van der Waals surface area contributed by atoms with Crippen LogP contribution in [0.4, 0.5) is 0 Å². The van der Waals surface area contributed by atoms with Crippen molar-refractivity contribution in [1.82, 2.24) is 0 Å². The maximum atomic E-state index is 11.1. The second-order valence-electron chi connectivity index (χ2n) is 5.31. The minimum absolute atomic E-state index is 0.122.